The van der Waals surface area contributed by atoms with Crippen LogP contribution in [-0.2, 0) is 6.42 Å². The van der Waals surface area contributed by atoms with Gasteiger partial charge in [-0.25, -0.2) is 0 Å². The quantitative estimate of drug-likeness (QED) is 0.581. The molecule has 0 amide bonds. The first kappa shape index (κ1) is 17.6. The van der Waals surface area contributed by atoms with Crippen molar-refractivity contribution in [3.8, 4) is 0 Å². The van der Waals surface area contributed by atoms with E-state index in [0.29, 0.717) is 6.42 Å². The van der Waals surface area contributed by atoms with Gasteiger partial charge in [-0.3, -0.25) is 0 Å². The fraction of sp³-hybridized carbons (Fsp3) is 0.182. The first-order valence-corrected chi connectivity index (χ1v) is 8.94. The topological polar surface area (TPSA) is 23.5 Å². The molecule has 3 aromatic rings. The SMILES string of the molecule is CN(c1ccccc1S)c1ccccc1C(O)CCc1ccccc1. The van der Waals surface area contributed by atoms with E-state index in [1.807, 2.05) is 73.8 Å². The molecular formula is C22H23NOS. The lowest BCUT2D eigenvalue weighted by Gasteiger charge is -2.26. The summed E-state index contributed by atoms with van der Waals surface area (Å²) in [6.07, 6.45) is 1.03. The molecule has 3 aromatic carbocycles. The second-order valence-electron chi connectivity index (χ2n) is 6.15. The monoisotopic (exact) mass is 349 g/mol. The first-order valence-electron chi connectivity index (χ1n) is 8.49. The number of hydrogen-bond acceptors (Lipinski definition) is 3. The Hall–Kier alpha value is -2.23. The lowest BCUT2D eigenvalue weighted by molar-refractivity contribution is 0.168. The Labute approximate surface area is 155 Å². The predicted octanol–water partition coefficient (Wildman–Crippen LogP) is 5.41. The van der Waals surface area contributed by atoms with Crippen LogP contribution in [0.15, 0.2) is 83.8 Å². The minimum atomic E-state index is -0.508. The highest BCUT2D eigenvalue weighted by molar-refractivity contribution is 7.80. The zero-order valence-corrected chi connectivity index (χ0v) is 15.2. The van der Waals surface area contributed by atoms with Crippen molar-refractivity contribution < 1.29 is 5.11 Å². The van der Waals surface area contributed by atoms with Crippen LogP contribution in [0.1, 0.15) is 23.7 Å². The molecular weight excluding hydrogens is 326 g/mol. The van der Waals surface area contributed by atoms with Gasteiger partial charge in [0.05, 0.1) is 11.8 Å². The molecule has 0 aromatic heterocycles. The van der Waals surface area contributed by atoms with Crippen molar-refractivity contribution in [2.75, 3.05) is 11.9 Å². The molecule has 0 saturated carbocycles. The number of aryl methyl sites for hydroxylation is 1. The van der Waals surface area contributed by atoms with Crippen LogP contribution in [0.5, 0.6) is 0 Å². The van der Waals surface area contributed by atoms with Gasteiger partial charge in [-0.2, -0.15) is 0 Å². The molecule has 0 saturated heterocycles. The molecule has 25 heavy (non-hydrogen) atoms. The lowest BCUT2D eigenvalue weighted by Crippen LogP contribution is -2.14. The van der Waals surface area contributed by atoms with Gasteiger partial charge in [0.1, 0.15) is 0 Å². The molecule has 0 radical (unpaired) electrons. The van der Waals surface area contributed by atoms with Crippen molar-refractivity contribution in [1.29, 1.82) is 0 Å². The Morgan fingerprint density at radius 1 is 0.840 bits per heavy atom. The molecule has 128 valence electrons. The lowest BCUT2D eigenvalue weighted by atomic mass is 9.99. The number of thiol groups is 1. The number of anilines is 2. The summed E-state index contributed by atoms with van der Waals surface area (Å²) in [4.78, 5) is 3.00. The van der Waals surface area contributed by atoms with E-state index in [2.05, 4.69) is 29.7 Å². The smallest absolute Gasteiger partial charge is 0.0813 e. The highest BCUT2D eigenvalue weighted by atomic mass is 32.1. The number of nitrogens with zero attached hydrogens (tertiary/aromatic N) is 1. The van der Waals surface area contributed by atoms with Crippen molar-refractivity contribution in [1.82, 2.24) is 0 Å². The summed E-state index contributed by atoms with van der Waals surface area (Å²) in [5, 5.41) is 10.8. The van der Waals surface area contributed by atoms with Gasteiger partial charge < -0.3 is 10.0 Å². The zero-order valence-electron chi connectivity index (χ0n) is 14.3. The van der Waals surface area contributed by atoms with Gasteiger partial charge in [0.2, 0.25) is 0 Å². The van der Waals surface area contributed by atoms with E-state index in [1.165, 1.54) is 5.56 Å². The van der Waals surface area contributed by atoms with Gasteiger partial charge >= 0.3 is 0 Å². The molecule has 0 aliphatic heterocycles. The van der Waals surface area contributed by atoms with E-state index in [0.717, 1.165) is 28.3 Å². The Kier molecular flexibility index (Phi) is 5.79. The average molecular weight is 349 g/mol. The van der Waals surface area contributed by atoms with Crippen molar-refractivity contribution in [3.63, 3.8) is 0 Å². The van der Waals surface area contributed by atoms with Crippen LogP contribution >= 0.6 is 12.6 Å². The summed E-state index contributed by atoms with van der Waals surface area (Å²) in [5.74, 6) is 0. The van der Waals surface area contributed by atoms with Gasteiger partial charge in [-0.1, -0.05) is 60.7 Å². The number of rotatable bonds is 6. The van der Waals surface area contributed by atoms with Crippen LogP contribution in [0.2, 0.25) is 0 Å². The van der Waals surface area contributed by atoms with Crippen molar-refractivity contribution in [2.45, 2.75) is 23.8 Å². The Morgan fingerprint density at radius 2 is 1.44 bits per heavy atom. The molecule has 1 atom stereocenters. The summed E-state index contributed by atoms with van der Waals surface area (Å²) >= 11 is 4.56. The first-order chi connectivity index (χ1) is 12.2. The van der Waals surface area contributed by atoms with Crippen LogP contribution in [-0.4, -0.2) is 12.2 Å². The standard InChI is InChI=1S/C22H23NOS/c1-23(20-13-7-8-14-22(20)25)19-12-6-5-11-18(19)21(24)16-15-17-9-3-2-4-10-17/h2-14,21,24-25H,15-16H2,1H3. The highest BCUT2D eigenvalue weighted by Crippen LogP contribution is 2.35. The predicted molar refractivity (Wildman–Crippen MR) is 108 cm³/mol. The maximum atomic E-state index is 10.8. The number of hydrogen-bond donors (Lipinski definition) is 2. The Bertz CT molecular complexity index is 819. The fourth-order valence-electron chi connectivity index (χ4n) is 3.06. The van der Waals surface area contributed by atoms with Gasteiger partial charge in [0.15, 0.2) is 0 Å². The van der Waals surface area contributed by atoms with E-state index >= 15 is 0 Å². The number of aliphatic hydroxyl groups is 1. The average Bonchev–Trinajstić information content (AvgIpc) is 2.67. The van der Waals surface area contributed by atoms with Gasteiger partial charge in [0, 0.05) is 23.2 Å². The summed E-state index contributed by atoms with van der Waals surface area (Å²) in [5.41, 5.74) is 4.21. The van der Waals surface area contributed by atoms with Crippen LogP contribution in [0, 0.1) is 0 Å². The molecule has 0 heterocycles. The van der Waals surface area contributed by atoms with Gasteiger partial charge in [-0.05, 0) is 36.6 Å². The minimum Gasteiger partial charge on any atom is -0.388 e. The van der Waals surface area contributed by atoms with Crippen LogP contribution in [0.25, 0.3) is 0 Å². The third kappa shape index (κ3) is 4.25. The van der Waals surface area contributed by atoms with Crippen molar-refractivity contribution in [3.05, 3.63) is 90.0 Å². The van der Waals surface area contributed by atoms with E-state index < -0.39 is 6.10 Å². The van der Waals surface area contributed by atoms with Crippen molar-refractivity contribution in [2.24, 2.45) is 0 Å². The van der Waals surface area contributed by atoms with Gasteiger partial charge in [-0.15, -0.1) is 12.6 Å². The molecule has 0 aliphatic rings. The summed E-state index contributed by atoms with van der Waals surface area (Å²) < 4.78 is 0. The van der Waals surface area contributed by atoms with E-state index in [1.54, 1.807) is 0 Å². The third-order valence-corrected chi connectivity index (χ3v) is 4.83. The molecule has 3 heteroatoms. The van der Waals surface area contributed by atoms with E-state index in [4.69, 9.17) is 0 Å². The van der Waals surface area contributed by atoms with E-state index in [-0.39, 0.29) is 0 Å². The Morgan fingerprint density at radius 3 is 2.16 bits per heavy atom. The fourth-order valence-corrected chi connectivity index (χ4v) is 3.37. The van der Waals surface area contributed by atoms with Crippen LogP contribution in [0.3, 0.4) is 0 Å². The normalized spacial score (nSPS) is 12.0. The molecule has 0 bridgehead atoms. The summed E-state index contributed by atoms with van der Waals surface area (Å²) in [6, 6.07) is 26.3. The van der Waals surface area contributed by atoms with Crippen molar-refractivity contribution >= 4 is 24.0 Å². The molecule has 1 unspecified atom stereocenters. The molecule has 0 aliphatic carbocycles. The second kappa shape index (κ2) is 8.24. The van der Waals surface area contributed by atoms with Crippen LogP contribution in [0.4, 0.5) is 11.4 Å². The molecule has 0 spiro atoms. The zero-order chi connectivity index (χ0) is 17.6. The highest BCUT2D eigenvalue weighted by Gasteiger charge is 2.16. The molecule has 3 rings (SSSR count). The summed E-state index contributed by atoms with van der Waals surface area (Å²) in [6.45, 7) is 0. The van der Waals surface area contributed by atoms with E-state index in [9.17, 15) is 5.11 Å². The third-order valence-electron chi connectivity index (χ3n) is 4.45. The minimum absolute atomic E-state index is 0.508. The second-order valence-corrected chi connectivity index (χ2v) is 6.63. The van der Waals surface area contributed by atoms with Crippen LogP contribution < -0.4 is 4.90 Å². The summed E-state index contributed by atoms with van der Waals surface area (Å²) in [7, 11) is 2.01. The Balaban J connectivity index is 1.82. The largest absolute Gasteiger partial charge is 0.388 e. The maximum Gasteiger partial charge on any atom is 0.0813 e. The van der Waals surface area contributed by atoms with Gasteiger partial charge in [0.25, 0.3) is 0 Å². The number of para-hydroxylation sites is 2. The maximum absolute atomic E-state index is 10.8. The number of benzene rings is 3. The number of aliphatic hydroxyl groups excluding tert-OH is 1. The molecule has 0 fully saturated rings. The molecule has 1 N–H and O–H groups in total. The molecule has 2 nitrogen and oxygen atoms in total.